The van der Waals surface area contributed by atoms with Crippen LogP contribution in [0.25, 0.3) is 11.4 Å². The number of nitrogens with zero attached hydrogens (tertiary/aromatic N) is 3. The molecule has 98 valence electrons. The molecule has 0 aliphatic rings. The zero-order valence-corrected chi connectivity index (χ0v) is 11.2. The van der Waals surface area contributed by atoms with E-state index in [0.717, 1.165) is 30.1 Å². The van der Waals surface area contributed by atoms with Gasteiger partial charge in [0.2, 0.25) is 5.16 Å². The third-order valence-corrected chi connectivity index (χ3v) is 3.52. The summed E-state index contributed by atoms with van der Waals surface area (Å²) in [7, 11) is 1.69. The van der Waals surface area contributed by atoms with Crippen molar-refractivity contribution in [3.63, 3.8) is 0 Å². The van der Waals surface area contributed by atoms with Crippen molar-refractivity contribution < 1.29 is 9.15 Å². The molecular formula is C11H16N4O2S. The SMILES string of the molecule is COCCCSc1nnc(-c2ccoc2C)n1N. The van der Waals surface area contributed by atoms with Crippen LogP contribution in [0.3, 0.4) is 0 Å². The molecular weight excluding hydrogens is 252 g/mol. The van der Waals surface area contributed by atoms with Gasteiger partial charge in [0.15, 0.2) is 5.82 Å². The van der Waals surface area contributed by atoms with Gasteiger partial charge in [0.25, 0.3) is 0 Å². The minimum atomic E-state index is 0.621. The molecule has 0 saturated carbocycles. The van der Waals surface area contributed by atoms with Crippen LogP contribution >= 0.6 is 11.8 Å². The number of rotatable bonds is 6. The van der Waals surface area contributed by atoms with E-state index in [0.29, 0.717) is 11.0 Å². The van der Waals surface area contributed by atoms with Crippen molar-refractivity contribution in [2.24, 2.45) is 0 Å². The molecule has 0 fully saturated rings. The summed E-state index contributed by atoms with van der Waals surface area (Å²) in [6, 6.07) is 1.84. The van der Waals surface area contributed by atoms with Crippen LogP contribution in [-0.2, 0) is 4.74 Å². The van der Waals surface area contributed by atoms with Crippen LogP contribution in [0.4, 0.5) is 0 Å². The monoisotopic (exact) mass is 268 g/mol. The molecule has 0 unspecified atom stereocenters. The summed E-state index contributed by atoms with van der Waals surface area (Å²) in [5.74, 6) is 8.28. The maximum Gasteiger partial charge on any atom is 0.210 e. The Kier molecular flexibility index (Phi) is 4.27. The third kappa shape index (κ3) is 2.68. The van der Waals surface area contributed by atoms with Gasteiger partial charge in [-0.05, 0) is 19.4 Å². The molecule has 2 N–H and O–H groups in total. The highest BCUT2D eigenvalue weighted by atomic mass is 32.2. The number of hydrogen-bond donors (Lipinski definition) is 1. The van der Waals surface area contributed by atoms with Gasteiger partial charge in [-0.25, -0.2) is 4.68 Å². The lowest BCUT2D eigenvalue weighted by Crippen LogP contribution is -2.11. The van der Waals surface area contributed by atoms with Gasteiger partial charge in [-0.2, -0.15) is 0 Å². The quantitative estimate of drug-likeness (QED) is 0.488. The summed E-state index contributed by atoms with van der Waals surface area (Å²) in [5, 5.41) is 8.87. The zero-order valence-electron chi connectivity index (χ0n) is 10.4. The Bertz CT molecular complexity index is 509. The molecule has 0 amide bonds. The van der Waals surface area contributed by atoms with Crippen molar-refractivity contribution in [1.29, 1.82) is 0 Å². The highest BCUT2D eigenvalue weighted by Crippen LogP contribution is 2.24. The number of nitrogen functional groups attached to an aromatic ring is 1. The Balaban J connectivity index is 2.07. The van der Waals surface area contributed by atoms with Crippen molar-refractivity contribution in [2.75, 3.05) is 25.3 Å². The topological polar surface area (TPSA) is 79.1 Å². The van der Waals surface area contributed by atoms with E-state index in [1.807, 2.05) is 13.0 Å². The summed E-state index contributed by atoms with van der Waals surface area (Å²) < 4.78 is 11.7. The van der Waals surface area contributed by atoms with Crippen molar-refractivity contribution in [3.05, 3.63) is 18.1 Å². The Labute approximate surface area is 109 Å². The van der Waals surface area contributed by atoms with Crippen LogP contribution in [0, 0.1) is 6.92 Å². The molecule has 0 radical (unpaired) electrons. The number of methoxy groups -OCH3 is 1. The first-order valence-corrected chi connectivity index (χ1v) is 6.59. The highest BCUT2D eigenvalue weighted by molar-refractivity contribution is 7.99. The summed E-state index contributed by atoms with van der Waals surface area (Å²) in [6.07, 6.45) is 2.57. The van der Waals surface area contributed by atoms with Crippen molar-refractivity contribution in [2.45, 2.75) is 18.5 Å². The third-order valence-electron chi connectivity index (χ3n) is 2.49. The molecule has 0 aromatic carbocycles. The van der Waals surface area contributed by atoms with Gasteiger partial charge in [0, 0.05) is 19.5 Å². The Morgan fingerprint density at radius 3 is 3.00 bits per heavy atom. The van der Waals surface area contributed by atoms with Gasteiger partial charge in [-0.15, -0.1) is 10.2 Å². The maximum absolute atomic E-state index is 5.98. The van der Waals surface area contributed by atoms with Gasteiger partial charge >= 0.3 is 0 Å². The number of hydrogen-bond acceptors (Lipinski definition) is 6. The molecule has 0 bridgehead atoms. The summed E-state index contributed by atoms with van der Waals surface area (Å²) >= 11 is 1.56. The molecule has 0 atom stereocenters. The first-order chi connectivity index (χ1) is 8.74. The molecule has 2 heterocycles. The van der Waals surface area contributed by atoms with Crippen LogP contribution in [0.5, 0.6) is 0 Å². The first-order valence-electron chi connectivity index (χ1n) is 5.60. The van der Waals surface area contributed by atoms with Gasteiger partial charge in [-0.1, -0.05) is 11.8 Å². The maximum atomic E-state index is 5.98. The van der Waals surface area contributed by atoms with Gasteiger partial charge < -0.3 is 15.0 Å². The minimum Gasteiger partial charge on any atom is -0.469 e. The van der Waals surface area contributed by atoms with Crippen LogP contribution < -0.4 is 5.84 Å². The van der Waals surface area contributed by atoms with Crippen LogP contribution in [-0.4, -0.2) is 34.3 Å². The number of furan rings is 1. The average molecular weight is 268 g/mol. The fourth-order valence-corrected chi connectivity index (χ4v) is 2.31. The van der Waals surface area contributed by atoms with E-state index in [1.54, 1.807) is 25.1 Å². The lowest BCUT2D eigenvalue weighted by Gasteiger charge is -2.02. The average Bonchev–Trinajstić information content (AvgIpc) is 2.92. The van der Waals surface area contributed by atoms with E-state index < -0.39 is 0 Å². The molecule has 0 aliphatic heterocycles. The summed E-state index contributed by atoms with van der Waals surface area (Å²) in [6.45, 7) is 2.61. The Hall–Kier alpha value is -1.47. The number of nitrogens with two attached hydrogens (primary N) is 1. The first kappa shape index (κ1) is 13.0. The van der Waals surface area contributed by atoms with Crippen LogP contribution in [0.1, 0.15) is 12.2 Å². The standard InChI is InChI=1S/C11H16N4O2S/c1-8-9(4-6-17-8)10-13-14-11(15(10)12)18-7-3-5-16-2/h4,6H,3,5,7,12H2,1-2H3. The van der Waals surface area contributed by atoms with Crippen LogP contribution in [0.2, 0.25) is 0 Å². The molecule has 0 aliphatic carbocycles. The van der Waals surface area contributed by atoms with Crippen molar-refractivity contribution in [1.82, 2.24) is 14.9 Å². The number of thioether (sulfide) groups is 1. The smallest absolute Gasteiger partial charge is 0.210 e. The zero-order chi connectivity index (χ0) is 13.0. The second-order valence-electron chi connectivity index (χ2n) is 3.76. The van der Waals surface area contributed by atoms with Crippen molar-refractivity contribution in [3.8, 4) is 11.4 Å². The fourth-order valence-electron chi connectivity index (χ4n) is 1.54. The molecule has 2 aromatic rings. The number of ether oxygens (including phenoxy) is 1. The van der Waals surface area contributed by atoms with E-state index >= 15 is 0 Å². The molecule has 2 aromatic heterocycles. The number of aromatic nitrogens is 3. The van der Waals surface area contributed by atoms with E-state index in [4.69, 9.17) is 15.0 Å². The molecule has 0 saturated heterocycles. The van der Waals surface area contributed by atoms with Crippen molar-refractivity contribution >= 4 is 11.8 Å². The number of aryl methyl sites for hydroxylation is 1. The highest BCUT2D eigenvalue weighted by Gasteiger charge is 2.15. The summed E-state index contributed by atoms with van der Waals surface area (Å²) in [5.41, 5.74) is 0.869. The lowest BCUT2D eigenvalue weighted by atomic mass is 10.2. The molecule has 6 nitrogen and oxygen atoms in total. The lowest BCUT2D eigenvalue weighted by molar-refractivity contribution is 0.200. The van der Waals surface area contributed by atoms with E-state index in [2.05, 4.69) is 10.2 Å². The van der Waals surface area contributed by atoms with Gasteiger partial charge in [0.05, 0.1) is 11.8 Å². The van der Waals surface area contributed by atoms with E-state index in [-0.39, 0.29) is 0 Å². The van der Waals surface area contributed by atoms with Gasteiger partial charge in [0.1, 0.15) is 5.76 Å². The fraction of sp³-hybridized carbons (Fsp3) is 0.455. The predicted octanol–water partition coefficient (Wildman–Crippen LogP) is 1.69. The normalized spacial score (nSPS) is 11.0. The molecule has 7 heteroatoms. The van der Waals surface area contributed by atoms with Crippen LogP contribution in [0.15, 0.2) is 21.9 Å². The Morgan fingerprint density at radius 1 is 1.50 bits per heavy atom. The molecule has 18 heavy (non-hydrogen) atoms. The second kappa shape index (κ2) is 5.92. The predicted molar refractivity (Wildman–Crippen MR) is 69.8 cm³/mol. The minimum absolute atomic E-state index is 0.621. The van der Waals surface area contributed by atoms with Gasteiger partial charge in [-0.3, -0.25) is 0 Å². The molecule has 2 rings (SSSR count). The van der Waals surface area contributed by atoms with E-state index in [1.165, 1.54) is 4.68 Å². The molecule has 0 spiro atoms. The van der Waals surface area contributed by atoms with E-state index in [9.17, 15) is 0 Å². The largest absolute Gasteiger partial charge is 0.469 e. The summed E-state index contributed by atoms with van der Waals surface area (Å²) in [4.78, 5) is 0. The second-order valence-corrected chi connectivity index (χ2v) is 4.82. The Morgan fingerprint density at radius 2 is 2.33 bits per heavy atom.